The molecule has 0 unspecified atom stereocenters. The normalized spacial score (nSPS) is 12.4. The highest BCUT2D eigenvalue weighted by Gasteiger charge is 2.03. The zero-order chi connectivity index (χ0) is 14.5. The van der Waals surface area contributed by atoms with Gasteiger partial charge in [-0.2, -0.15) is 0 Å². The van der Waals surface area contributed by atoms with Crippen LogP contribution in [0.2, 0.25) is 0 Å². The van der Waals surface area contributed by atoms with Crippen molar-refractivity contribution in [3.8, 4) is 11.3 Å². The van der Waals surface area contributed by atoms with Crippen molar-refractivity contribution in [1.29, 1.82) is 0 Å². The molecule has 0 bridgehead atoms. The summed E-state index contributed by atoms with van der Waals surface area (Å²) in [6.07, 6.45) is 4.52. The number of aliphatic hydroxyl groups excluding tert-OH is 1. The Hall–Kier alpha value is -2.81. The number of hydrogen-bond acceptors (Lipinski definition) is 3. The summed E-state index contributed by atoms with van der Waals surface area (Å²) in [7, 11) is 0. The van der Waals surface area contributed by atoms with Gasteiger partial charge in [-0.15, -0.1) is 0 Å². The topological polar surface area (TPSA) is 50.4 Å². The lowest BCUT2D eigenvalue weighted by molar-refractivity contribution is 0.443. The fourth-order valence-electron chi connectivity index (χ4n) is 1.84. The Balaban J connectivity index is 2.80. The largest absolute Gasteiger partial charge is 0.509 e. The quantitative estimate of drug-likeness (QED) is 0.866. The standard InChI is InChI=1S/C17H14O3/c1-3-7-14-11-16(13-8-5-4-6-9-13)20-17(19)15(14)10-12(2)18/h3-11,18H,1-2H2/b14-7-,15-10+. The summed E-state index contributed by atoms with van der Waals surface area (Å²) in [5.74, 6) is 0.257. The van der Waals surface area contributed by atoms with Gasteiger partial charge in [-0.3, -0.25) is 0 Å². The van der Waals surface area contributed by atoms with Gasteiger partial charge in [-0.05, 0) is 17.4 Å². The van der Waals surface area contributed by atoms with Gasteiger partial charge >= 0.3 is 5.63 Å². The molecule has 0 saturated heterocycles. The summed E-state index contributed by atoms with van der Waals surface area (Å²) in [6, 6.07) is 11.0. The molecular weight excluding hydrogens is 252 g/mol. The van der Waals surface area contributed by atoms with Crippen LogP contribution in [-0.2, 0) is 0 Å². The SMILES string of the molecule is C=C/C=c1/cc(-c2ccccc2)oc(=O)/c1=C/C(=C)O. The van der Waals surface area contributed by atoms with Crippen LogP contribution in [0.4, 0.5) is 0 Å². The lowest BCUT2D eigenvalue weighted by Gasteiger charge is -2.00. The van der Waals surface area contributed by atoms with E-state index in [1.807, 2.05) is 30.3 Å². The second kappa shape index (κ2) is 5.89. The van der Waals surface area contributed by atoms with Crippen LogP contribution in [0.1, 0.15) is 0 Å². The van der Waals surface area contributed by atoms with Crippen LogP contribution >= 0.6 is 0 Å². The fourth-order valence-corrected chi connectivity index (χ4v) is 1.84. The van der Waals surface area contributed by atoms with Crippen LogP contribution in [0.15, 0.2) is 70.6 Å². The maximum Gasteiger partial charge on any atom is 0.344 e. The molecule has 0 fully saturated rings. The minimum absolute atomic E-state index is 0.205. The third-order valence-corrected chi connectivity index (χ3v) is 2.69. The summed E-state index contributed by atoms with van der Waals surface area (Å²) < 4.78 is 5.29. The molecule has 0 aliphatic carbocycles. The zero-order valence-electron chi connectivity index (χ0n) is 10.9. The van der Waals surface area contributed by atoms with Crippen molar-refractivity contribution >= 4 is 12.2 Å². The maximum absolute atomic E-state index is 12.0. The first-order valence-electron chi connectivity index (χ1n) is 6.04. The second-order valence-corrected chi connectivity index (χ2v) is 4.17. The lowest BCUT2D eigenvalue weighted by atomic mass is 10.1. The minimum atomic E-state index is -0.533. The first-order valence-corrected chi connectivity index (χ1v) is 6.04. The van der Waals surface area contributed by atoms with Gasteiger partial charge in [-0.1, -0.05) is 55.6 Å². The van der Waals surface area contributed by atoms with Gasteiger partial charge < -0.3 is 9.52 Å². The van der Waals surface area contributed by atoms with E-state index in [9.17, 15) is 9.90 Å². The summed E-state index contributed by atoms with van der Waals surface area (Å²) >= 11 is 0. The highest BCUT2D eigenvalue weighted by atomic mass is 16.4. The van der Waals surface area contributed by atoms with E-state index in [0.29, 0.717) is 11.0 Å². The Labute approximate surface area is 116 Å². The molecular formula is C17H14O3. The van der Waals surface area contributed by atoms with Crippen molar-refractivity contribution in [1.82, 2.24) is 0 Å². The van der Waals surface area contributed by atoms with Gasteiger partial charge in [0, 0.05) is 5.56 Å². The molecule has 2 rings (SSSR count). The van der Waals surface area contributed by atoms with E-state index in [1.165, 1.54) is 6.08 Å². The van der Waals surface area contributed by atoms with Crippen LogP contribution < -0.4 is 16.1 Å². The molecule has 0 atom stereocenters. The van der Waals surface area contributed by atoms with Crippen molar-refractivity contribution in [2.45, 2.75) is 0 Å². The molecule has 1 aromatic carbocycles. The zero-order valence-corrected chi connectivity index (χ0v) is 10.9. The van der Waals surface area contributed by atoms with Crippen molar-refractivity contribution in [3.05, 3.63) is 82.2 Å². The molecule has 2 aromatic rings. The van der Waals surface area contributed by atoms with Gasteiger partial charge in [0.2, 0.25) is 0 Å². The third-order valence-electron chi connectivity index (χ3n) is 2.69. The number of benzene rings is 1. The first kappa shape index (κ1) is 13.6. The molecule has 3 heteroatoms. The molecule has 0 aliphatic heterocycles. The smallest absolute Gasteiger partial charge is 0.344 e. The van der Waals surface area contributed by atoms with E-state index in [2.05, 4.69) is 13.2 Å². The second-order valence-electron chi connectivity index (χ2n) is 4.17. The molecule has 1 aromatic heterocycles. The summed E-state index contributed by atoms with van der Waals surface area (Å²) in [6.45, 7) is 6.97. The molecule has 1 N–H and O–H groups in total. The van der Waals surface area contributed by atoms with E-state index < -0.39 is 5.63 Å². The highest BCUT2D eigenvalue weighted by molar-refractivity contribution is 5.58. The van der Waals surface area contributed by atoms with Crippen LogP contribution in [0.5, 0.6) is 0 Å². The van der Waals surface area contributed by atoms with Gasteiger partial charge in [0.25, 0.3) is 0 Å². The highest BCUT2D eigenvalue weighted by Crippen LogP contribution is 2.14. The van der Waals surface area contributed by atoms with E-state index in [1.54, 1.807) is 18.2 Å². The number of allylic oxidation sites excluding steroid dienone is 2. The van der Waals surface area contributed by atoms with Crippen LogP contribution in [0, 0.1) is 0 Å². The first-order chi connectivity index (χ1) is 9.61. The van der Waals surface area contributed by atoms with E-state index >= 15 is 0 Å². The Bertz CT molecular complexity index is 812. The fraction of sp³-hybridized carbons (Fsp3) is 0. The average molecular weight is 266 g/mol. The van der Waals surface area contributed by atoms with Crippen molar-refractivity contribution in [3.63, 3.8) is 0 Å². The molecule has 20 heavy (non-hydrogen) atoms. The Morgan fingerprint density at radius 2 is 1.95 bits per heavy atom. The summed E-state index contributed by atoms with van der Waals surface area (Å²) in [4.78, 5) is 12.0. The summed E-state index contributed by atoms with van der Waals surface area (Å²) in [5.41, 5.74) is 0.271. The molecule has 0 amide bonds. The van der Waals surface area contributed by atoms with Crippen molar-refractivity contribution < 1.29 is 9.52 Å². The Morgan fingerprint density at radius 3 is 2.55 bits per heavy atom. The van der Waals surface area contributed by atoms with Gasteiger partial charge in [0.05, 0.1) is 5.22 Å². The molecule has 100 valence electrons. The van der Waals surface area contributed by atoms with E-state index in [4.69, 9.17) is 4.42 Å². The predicted molar refractivity (Wildman–Crippen MR) is 80.6 cm³/mol. The number of aliphatic hydroxyl groups is 1. The average Bonchev–Trinajstić information content (AvgIpc) is 2.43. The monoisotopic (exact) mass is 266 g/mol. The van der Waals surface area contributed by atoms with E-state index in [-0.39, 0.29) is 11.0 Å². The number of hydrogen-bond donors (Lipinski definition) is 1. The third kappa shape index (κ3) is 2.95. The minimum Gasteiger partial charge on any atom is -0.509 e. The maximum atomic E-state index is 12.0. The Kier molecular flexibility index (Phi) is 4.01. The Morgan fingerprint density at radius 1 is 1.25 bits per heavy atom. The van der Waals surface area contributed by atoms with Crippen LogP contribution in [0.3, 0.4) is 0 Å². The van der Waals surface area contributed by atoms with Gasteiger partial charge in [0.15, 0.2) is 0 Å². The molecule has 0 saturated carbocycles. The van der Waals surface area contributed by atoms with E-state index in [0.717, 1.165) is 5.56 Å². The molecule has 3 nitrogen and oxygen atoms in total. The molecule has 1 heterocycles. The van der Waals surface area contributed by atoms with Crippen molar-refractivity contribution in [2.75, 3.05) is 0 Å². The molecule has 0 spiro atoms. The number of rotatable bonds is 3. The van der Waals surface area contributed by atoms with Crippen LogP contribution in [0.25, 0.3) is 23.5 Å². The van der Waals surface area contributed by atoms with Crippen LogP contribution in [-0.4, -0.2) is 5.11 Å². The van der Waals surface area contributed by atoms with Gasteiger partial charge in [-0.25, -0.2) is 4.79 Å². The lowest BCUT2D eigenvalue weighted by Crippen LogP contribution is -2.38. The molecule has 0 aliphatic rings. The van der Waals surface area contributed by atoms with Gasteiger partial charge in [0.1, 0.15) is 11.5 Å². The molecule has 0 radical (unpaired) electrons. The predicted octanol–water partition coefficient (Wildman–Crippen LogP) is 2.13. The van der Waals surface area contributed by atoms with Crippen molar-refractivity contribution in [2.24, 2.45) is 0 Å². The summed E-state index contributed by atoms with van der Waals surface area (Å²) in [5, 5.41) is 10.1.